The van der Waals surface area contributed by atoms with Crippen molar-refractivity contribution in [1.29, 1.82) is 0 Å². The molecule has 1 N–H and O–H groups in total. The molecule has 0 aliphatic carbocycles. The van der Waals surface area contributed by atoms with Crippen LogP contribution in [0.4, 0.5) is 0 Å². The van der Waals surface area contributed by atoms with Gasteiger partial charge >= 0.3 is 0 Å². The second-order valence-corrected chi connectivity index (χ2v) is 3.62. The van der Waals surface area contributed by atoms with E-state index in [4.69, 9.17) is 9.47 Å². The molecule has 1 aliphatic rings. The van der Waals surface area contributed by atoms with Gasteiger partial charge in [-0.25, -0.2) is 0 Å². The summed E-state index contributed by atoms with van der Waals surface area (Å²) in [6.45, 7) is 2.36. The lowest BCUT2D eigenvalue weighted by molar-refractivity contribution is 0.174. The van der Waals surface area contributed by atoms with E-state index in [1.807, 2.05) is 25.1 Å². The monoisotopic (exact) mass is 201 g/mol. The van der Waals surface area contributed by atoms with Crippen LogP contribution >= 0.6 is 0 Å². The summed E-state index contributed by atoms with van der Waals surface area (Å²) < 4.78 is 10.6. The van der Waals surface area contributed by atoms with Gasteiger partial charge in [-0.05, 0) is 37.3 Å². The van der Waals surface area contributed by atoms with Gasteiger partial charge in [-0.1, -0.05) is 0 Å². The van der Waals surface area contributed by atoms with Crippen LogP contribution in [0.3, 0.4) is 0 Å². The van der Waals surface area contributed by atoms with Crippen molar-refractivity contribution in [1.82, 2.24) is 4.98 Å². The van der Waals surface area contributed by atoms with Crippen molar-refractivity contribution in [2.75, 3.05) is 6.79 Å². The molecule has 0 radical (unpaired) electrons. The largest absolute Gasteiger partial charge is 0.454 e. The molecule has 0 fully saturated rings. The average Bonchev–Trinajstić information content (AvgIpc) is 2.84. The van der Waals surface area contributed by atoms with Crippen molar-refractivity contribution in [3.8, 4) is 22.8 Å². The number of fused-ring (bicyclic) bond motifs is 1. The van der Waals surface area contributed by atoms with Gasteiger partial charge in [0.1, 0.15) is 0 Å². The van der Waals surface area contributed by atoms with Gasteiger partial charge < -0.3 is 14.5 Å². The fourth-order valence-electron chi connectivity index (χ4n) is 1.74. The lowest BCUT2D eigenvalue weighted by Crippen LogP contribution is -1.92. The van der Waals surface area contributed by atoms with E-state index in [9.17, 15) is 0 Å². The van der Waals surface area contributed by atoms with Crippen LogP contribution < -0.4 is 9.47 Å². The number of aromatic nitrogens is 1. The summed E-state index contributed by atoms with van der Waals surface area (Å²) in [5.41, 5.74) is 3.38. The smallest absolute Gasteiger partial charge is 0.231 e. The maximum atomic E-state index is 5.33. The maximum Gasteiger partial charge on any atom is 0.231 e. The number of aromatic amines is 1. The van der Waals surface area contributed by atoms with Crippen LogP contribution in [0, 0.1) is 6.92 Å². The summed E-state index contributed by atoms with van der Waals surface area (Å²) in [7, 11) is 0. The van der Waals surface area contributed by atoms with Crippen LogP contribution in [0.2, 0.25) is 0 Å². The molecule has 0 spiro atoms. The SMILES string of the molecule is Cc1ccc(-c2ccc3c(c2)OCO3)[nH]1. The van der Waals surface area contributed by atoms with Crippen molar-refractivity contribution in [3.05, 3.63) is 36.0 Å². The van der Waals surface area contributed by atoms with E-state index in [0.717, 1.165) is 28.5 Å². The van der Waals surface area contributed by atoms with Crippen LogP contribution in [0.15, 0.2) is 30.3 Å². The zero-order valence-electron chi connectivity index (χ0n) is 8.41. The number of nitrogens with one attached hydrogen (secondary N) is 1. The first kappa shape index (κ1) is 8.41. The second kappa shape index (κ2) is 3.05. The normalized spacial score (nSPS) is 13.1. The molecule has 15 heavy (non-hydrogen) atoms. The van der Waals surface area contributed by atoms with Gasteiger partial charge in [0.05, 0.1) is 0 Å². The molecule has 0 bridgehead atoms. The minimum Gasteiger partial charge on any atom is -0.454 e. The third-order valence-corrected chi connectivity index (χ3v) is 2.52. The standard InChI is InChI=1S/C12H11NO2/c1-8-2-4-10(13-8)9-3-5-11-12(6-9)15-7-14-11/h2-6,13H,7H2,1H3. The molecular weight excluding hydrogens is 190 g/mol. The Hall–Kier alpha value is -1.90. The molecule has 1 aromatic heterocycles. The van der Waals surface area contributed by atoms with Crippen LogP contribution in [-0.2, 0) is 0 Å². The molecule has 0 unspecified atom stereocenters. The van der Waals surface area contributed by atoms with Crippen molar-refractivity contribution in [2.24, 2.45) is 0 Å². The Kier molecular flexibility index (Phi) is 1.71. The van der Waals surface area contributed by atoms with Gasteiger partial charge in [-0.3, -0.25) is 0 Å². The number of benzene rings is 1. The number of hydrogen-bond donors (Lipinski definition) is 1. The van der Waals surface area contributed by atoms with Gasteiger partial charge in [-0.15, -0.1) is 0 Å². The van der Waals surface area contributed by atoms with E-state index in [0.29, 0.717) is 6.79 Å². The summed E-state index contributed by atoms with van der Waals surface area (Å²) in [4.78, 5) is 3.29. The molecule has 0 atom stereocenters. The Labute approximate surface area is 87.6 Å². The Bertz CT molecular complexity index is 502. The molecule has 3 rings (SSSR count). The van der Waals surface area contributed by atoms with E-state index in [2.05, 4.69) is 17.1 Å². The highest BCUT2D eigenvalue weighted by molar-refractivity contribution is 5.64. The van der Waals surface area contributed by atoms with Crippen LogP contribution in [-0.4, -0.2) is 11.8 Å². The number of aryl methyl sites for hydroxylation is 1. The molecule has 3 heteroatoms. The van der Waals surface area contributed by atoms with E-state index in [1.165, 1.54) is 0 Å². The van der Waals surface area contributed by atoms with Gasteiger partial charge in [-0.2, -0.15) is 0 Å². The zero-order valence-corrected chi connectivity index (χ0v) is 8.41. The summed E-state index contributed by atoms with van der Waals surface area (Å²) >= 11 is 0. The highest BCUT2D eigenvalue weighted by atomic mass is 16.7. The molecule has 0 saturated carbocycles. The van der Waals surface area contributed by atoms with Crippen molar-refractivity contribution < 1.29 is 9.47 Å². The zero-order chi connectivity index (χ0) is 10.3. The van der Waals surface area contributed by atoms with Crippen LogP contribution in [0.5, 0.6) is 11.5 Å². The average molecular weight is 201 g/mol. The molecule has 0 saturated heterocycles. The maximum absolute atomic E-state index is 5.33. The highest BCUT2D eigenvalue weighted by Gasteiger charge is 2.13. The minimum atomic E-state index is 0.322. The van der Waals surface area contributed by atoms with Crippen LogP contribution in [0.1, 0.15) is 5.69 Å². The second-order valence-electron chi connectivity index (χ2n) is 3.62. The van der Waals surface area contributed by atoms with E-state index < -0.39 is 0 Å². The Morgan fingerprint density at radius 1 is 1.07 bits per heavy atom. The van der Waals surface area contributed by atoms with Crippen molar-refractivity contribution in [3.63, 3.8) is 0 Å². The lowest BCUT2D eigenvalue weighted by atomic mass is 10.1. The fraction of sp³-hybridized carbons (Fsp3) is 0.167. The first-order chi connectivity index (χ1) is 7.33. The predicted octanol–water partition coefficient (Wildman–Crippen LogP) is 2.72. The molecule has 0 amide bonds. The predicted molar refractivity (Wildman–Crippen MR) is 57.1 cm³/mol. The number of H-pyrrole nitrogens is 1. The van der Waals surface area contributed by atoms with E-state index in [-0.39, 0.29) is 0 Å². The first-order valence-corrected chi connectivity index (χ1v) is 4.88. The lowest BCUT2D eigenvalue weighted by Gasteiger charge is -2.00. The minimum absolute atomic E-state index is 0.322. The van der Waals surface area contributed by atoms with Gasteiger partial charge in [0.15, 0.2) is 11.5 Å². The summed E-state index contributed by atoms with van der Waals surface area (Å²) in [6, 6.07) is 10.1. The summed E-state index contributed by atoms with van der Waals surface area (Å²) in [5, 5.41) is 0. The van der Waals surface area contributed by atoms with E-state index >= 15 is 0 Å². The molecule has 2 aromatic rings. The third-order valence-electron chi connectivity index (χ3n) is 2.52. The molecule has 76 valence electrons. The summed E-state index contributed by atoms with van der Waals surface area (Å²) in [6.07, 6.45) is 0. The van der Waals surface area contributed by atoms with Gasteiger partial charge in [0, 0.05) is 17.0 Å². The molecule has 3 nitrogen and oxygen atoms in total. The number of rotatable bonds is 1. The van der Waals surface area contributed by atoms with Crippen molar-refractivity contribution in [2.45, 2.75) is 6.92 Å². The highest BCUT2D eigenvalue weighted by Crippen LogP contribution is 2.35. The third kappa shape index (κ3) is 1.36. The molecular formula is C12H11NO2. The Morgan fingerprint density at radius 2 is 1.93 bits per heavy atom. The van der Waals surface area contributed by atoms with Gasteiger partial charge in [0.25, 0.3) is 0 Å². The molecule has 2 heterocycles. The fourth-order valence-corrected chi connectivity index (χ4v) is 1.74. The molecule has 1 aliphatic heterocycles. The first-order valence-electron chi connectivity index (χ1n) is 4.88. The number of ether oxygens (including phenoxy) is 2. The topological polar surface area (TPSA) is 34.2 Å². The molecule has 1 aromatic carbocycles. The van der Waals surface area contributed by atoms with Crippen LogP contribution in [0.25, 0.3) is 11.3 Å². The Balaban J connectivity index is 2.06. The Morgan fingerprint density at radius 3 is 2.73 bits per heavy atom. The quantitative estimate of drug-likeness (QED) is 0.769. The van der Waals surface area contributed by atoms with E-state index in [1.54, 1.807) is 0 Å². The van der Waals surface area contributed by atoms with Crippen molar-refractivity contribution >= 4 is 0 Å². The van der Waals surface area contributed by atoms with Gasteiger partial charge in [0.2, 0.25) is 6.79 Å². The number of hydrogen-bond acceptors (Lipinski definition) is 2. The summed E-state index contributed by atoms with van der Waals surface area (Å²) in [5.74, 6) is 1.64.